The summed E-state index contributed by atoms with van der Waals surface area (Å²) in [6, 6.07) is 28.8. The van der Waals surface area contributed by atoms with E-state index in [2.05, 4.69) is 47.4 Å². The van der Waals surface area contributed by atoms with Gasteiger partial charge in [-0.25, -0.2) is 0 Å². The molecule has 0 aliphatic heterocycles. The van der Waals surface area contributed by atoms with Crippen molar-refractivity contribution in [1.29, 1.82) is 5.26 Å². The van der Waals surface area contributed by atoms with E-state index < -0.39 is 0 Å². The van der Waals surface area contributed by atoms with Gasteiger partial charge in [-0.2, -0.15) is 5.26 Å². The summed E-state index contributed by atoms with van der Waals surface area (Å²) in [5.41, 5.74) is 3.20. The van der Waals surface area contributed by atoms with Crippen LogP contribution in [0.3, 0.4) is 0 Å². The van der Waals surface area contributed by atoms with Gasteiger partial charge in [-0.05, 0) is 53.3 Å². The molecule has 1 saturated carbocycles. The van der Waals surface area contributed by atoms with Crippen LogP contribution in [0.2, 0.25) is 10.0 Å². The van der Waals surface area contributed by atoms with Gasteiger partial charge in [-0.15, -0.1) is 0 Å². The second kappa shape index (κ2) is 8.59. The average molecular weight is 421 g/mol. The molecule has 3 aromatic rings. The summed E-state index contributed by atoms with van der Waals surface area (Å²) in [7, 11) is 0. The first-order valence-electron chi connectivity index (χ1n) is 9.77. The van der Waals surface area contributed by atoms with E-state index in [9.17, 15) is 5.26 Å². The Labute approximate surface area is 182 Å². The fourth-order valence-corrected chi connectivity index (χ4v) is 4.29. The molecule has 0 spiro atoms. The van der Waals surface area contributed by atoms with Gasteiger partial charge in [0.1, 0.15) is 0 Å². The quantitative estimate of drug-likeness (QED) is 0.437. The molecule has 1 aliphatic rings. The Kier molecular flexibility index (Phi) is 5.92. The smallest absolute Gasteiger partial charge is 0.0867 e. The highest BCUT2D eigenvalue weighted by atomic mass is 35.5. The van der Waals surface area contributed by atoms with E-state index in [-0.39, 0.29) is 5.41 Å². The summed E-state index contributed by atoms with van der Waals surface area (Å²) < 4.78 is 0. The van der Waals surface area contributed by atoms with E-state index in [1.54, 1.807) is 0 Å². The standard InChI is InChI=1S/C25H22Cl2N2/c26-23-10-6-19(7-11-23)15-29(16-20-8-12-24(27)13-9-20)17-22-14-25(22,18-28)21-4-2-1-3-5-21/h1-13,22H,14-17H2/t22-,25+/m1/s1. The first kappa shape index (κ1) is 20.0. The van der Waals surface area contributed by atoms with Crippen molar-refractivity contribution in [1.82, 2.24) is 4.90 Å². The summed E-state index contributed by atoms with van der Waals surface area (Å²) >= 11 is 12.1. The second-order valence-electron chi connectivity index (χ2n) is 7.77. The molecule has 0 unspecified atom stereocenters. The van der Waals surface area contributed by atoms with E-state index in [0.29, 0.717) is 5.92 Å². The molecule has 29 heavy (non-hydrogen) atoms. The lowest BCUT2D eigenvalue weighted by Gasteiger charge is -2.24. The minimum atomic E-state index is -0.362. The van der Waals surface area contributed by atoms with Crippen molar-refractivity contribution in [2.24, 2.45) is 5.92 Å². The Morgan fingerprint density at radius 2 is 1.34 bits per heavy atom. The lowest BCUT2D eigenvalue weighted by molar-refractivity contribution is 0.241. The van der Waals surface area contributed by atoms with Crippen LogP contribution in [0.4, 0.5) is 0 Å². The third kappa shape index (κ3) is 4.65. The highest BCUT2D eigenvalue weighted by molar-refractivity contribution is 6.30. The normalized spacial score (nSPS) is 20.4. The van der Waals surface area contributed by atoms with E-state index in [1.165, 1.54) is 11.1 Å². The van der Waals surface area contributed by atoms with Crippen LogP contribution in [0.1, 0.15) is 23.1 Å². The largest absolute Gasteiger partial charge is 0.294 e. The molecule has 1 fully saturated rings. The van der Waals surface area contributed by atoms with Crippen molar-refractivity contribution < 1.29 is 0 Å². The molecule has 0 aromatic heterocycles. The van der Waals surface area contributed by atoms with Gasteiger partial charge in [-0.1, -0.05) is 77.8 Å². The van der Waals surface area contributed by atoms with Crippen LogP contribution in [0.25, 0.3) is 0 Å². The van der Waals surface area contributed by atoms with Crippen molar-refractivity contribution in [3.63, 3.8) is 0 Å². The molecule has 0 bridgehead atoms. The molecule has 4 heteroatoms. The first-order chi connectivity index (χ1) is 14.1. The molecular formula is C25H22Cl2N2. The fourth-order valence-electron chi connectivity index (χ4n) is 4.03. The van der Waals surface area contributed by atoms with Crippen LogP contribution in [0.5, 0.6) is 0 Å². The zero-order chi connectivity index (χ0) is 20.3. The average Bonchev–Trinajstić information content (AvgIpc) is 3.46. The van der Waals surface area contributed by atoms with E-state index in [0.717, 1.165) is 41.7 Å². The van der Waals surface area contributed by atoms with E-state index in [1.807, 2.05) is 42.5 Å². The van der Waals surface area contributed by atoms with Gasteiger partial charge >= 0.3 is 0 Å². The number of hydrogen-bond donors (Lipinski definition) is 0. The van der Waals surface area contributed by atoms with Crippen LogP contribution < -0.4 is 0 Å². The summed E-state index contributed by atoms with van der Waals surface area (Å²) in [4.78, 5) is 2.42. The SMILES string of the molecule is N#C[C@]1(c2ccccc2)C[C@@H]1CN(Cc1ccc(Cl)cc1)Cc1ccc(Cl)cc1. The summed E-state index contributed by atoms with van der Waals surface area (Å²) in [6.45, 7) is 2.49. The van der Waals surface area contributed by atoms with Crippen LogP contribution in [0, 0.1) is 17.2 Å². The predicted molar refractivity (Wildman–Crippen MR) is 119 cm³/mol. The molecule has 1 aliphatic carbocycles. The Morgan fingerprint density at radius 1 is 0.828 bits per heavy atom. The zero-order valence-corrected chi connectivity index (χ0v) is 17.6. The number of benzene rings is 3. The number of nitrogens with zero attached hydrogens (tertiary/aromatic N) is 2. The summed E-state index contributed by atoms with van der Waals surface area (Å²) in [6.07, 6.45) is 0.908. The van der Waals surface area contributed by atoms with Gasteiger partial charge in [0.15, 0.2) is 0 Å². The molecule has 2 nitrogen and oxygen atoms in total. The first-order valence-corrected chi connectivity index (χ1v) is 10.5. The van der Waals surface area contributed by atoms with Gasteiger partial charge in [-0.3, -0.25) is 4.90 Å². The Hall–Kier alpha value is -2.31. The summed E-state index contributed by atoms with van der Waals surface area (Å²) in [5, 5.41) is 11.4. The molecule has 2 atom stereocenters. The number of nitriles is 1. The Morgan fingerprint density at radius 3 is 1.83 bits per heavy atom. The third-order valence-corrected chi connectivity index (χ3v) is 6.22. The number of hydrogen-bond acceptors (Lipinski definition) is 2. The van der Waals surface area contributed by atoms with Crippen molar-refractivity contribution in [2.75, 3.05) is 6.54 Å². The van der Waals surface area contributed by atoms with E-state index >= 15 is 0 Å². The van der Waals surface area contributed by atoms with Gasteiger partial charge < -0.3 is 0 Å². The minimum Gasteiger partial charge on any atom is -0.294 e. The van der Waals surface area contributed by atoms with Gasteiger partial charge in [0, 0.05) is 29.7 Å². The molecule has 0 saturated heterocycles. The van der Waals surface area contributed by atoms with Gasteiger partial charge in [0.2, 0.25) is 0 Å². The molecular weight excluding hydrogens is 399 g/mol. The monoisotopic (exact) mass is 420 g/mol. The maximum Gasteiger partial charge on any atom is 0.0867 e. The molecule has 0 heterocycles. The van der Waals surface area contributed by atoms with Crippen LogP contribution in [0.15, 0.2) is 78.9 Å². The van der Waals surface area contributed by atoms with Gasteiger partial charge in [0.25, 0.3) is 0 Å². The number of halogens is 2. The highest BCUT2D eigenvalue weighted by Crippen LogP contribution is 2.54. The maximum absolute atomic E-state index is 9.94. The van der Waals surface area contributed by atoms with Crippen LogP contribution >= 0.6 is 23.2 Å². The minimum absolute atomic E-state index is 0.328. The fraction of sp³-hybridized carbons (Fsp3) is 0.240. The second-order valence-corrected chi connectivity index (χ2v) is 8.65. The lowest BCUT2D eigenvalue weighted by Crippen LogP contribution is -2.27. The zero-order valence-electron chi connectivity index (χ0n) is 16.1. The Balaban J connectivity index is 1.53. The molecule has 4 rings (SSSR count). The molecule has 0 amide bonds. The molecule has 0 radical (unpaired) electrons. The highest BCUT2D eigenvalue weighted by Gasteiger charge is 2.56. The molecule has 146 valence electrons. The van der Waals surface area contributed by atoms with E-state index in [4.69, 9.17) is 23.2 Å². The van der Waals surface area contributed by atoms with Crippen molar-refractivity contribution in [3.8, 4) is 6.07 Å². The Bertz CT molecular complexity index is 946. The third-order valence-electron chi connectivity index (χ3n) is 5.71. The summed E-state index contributed by atoms with van der Waals surface area (Å²) in [5.74, 6) is 0.328. The molecule has 3 aromatic carbocycles. The van der Waals surface area contributed by atoms with Crippen LogP contribution in [-0.2, 0) is 18.5 Å². The number of rotatable bonds is 7. The van der Waals surface area contributed by atoms with Crippen LogP contribution in [-0.4, -0.2) is 11.4 Å². The van der Waals surface area contributed by atoms with Crippen molar-refractivity contribution in [2.45, 2.75) is 24.9 Å². The topological polar surface area (TPSA) is 27.0 Å². The van der Waals surface area contributed by atoms with Crippen molar-refractivity contribution in [3.05, 3.63) is 106 Å². The van der Waals surface area contributed by atoms with Gasteiger partial charge in [0.05, 0.1) is 11.5 Å². The predicted octanol–water partition coefficient (Wildman–Crippen LogP) is 6.48. The maximum atomic E-state index is 9.94. The van der Waals surface area contributed by atoms with Crippen molar-refractivity contribution >= 4 is 23.2 Å². The molecule has 0 N–H and O–H groups in total. The lowest BCUT2D eigenvalue weighted by atomic mass is 9.94.